The first kappa shape index (κ1) is 11.2. The molecule has 0 amide bonds. The van der Waals surface area contributed by atoms with Gasteiger partial charge in [0.15, 0.2) is 4.90 Å². The van der Waals surface area contributed by atoms with Crippen LogP contribution >= 0.6 is 0 Å². The van der Waals surface area contributed by atoms with Crippen LogP contribution in [0.1, 0.15) is 13.8 Å². The highest BCUT2D eigenvalue weighted by atomic mass is 32.2. The Morgan fingerprint density at radius 2 is 1.86 bits per heavy atom. The summed E-state index contributed by atoms with van der Waals surface area (Å²) in [5, 5.41) is 9.15. The van der Waals surface area contributed by atoms with Crippen LogP contribution in [-0.2, 0) is 10.9 Å². The SMILES string of the molecule is CC(C)=CC[S+](C)c1ccc(O)cc1. The second-order valence-electron chi connectivity index (χ2n) is 3.58. The summed E-state index contributed by atoms with van der Waals surface area (Å²) in [6.07, 6.45) is 4.49. The summed E-state index contributed by atoms with van der Waals surface area (Å²) < 4.78 is 0. The van der Waals surface area contributed by atoms with Crippen molar-refractivity contribution < 1.29 is 5.11 Å². The third kappa shape index (κ3) is 3.46. The Balaban J connectivity index is 2.65. The highest BCUT2D eigenvalue weighted by Crippen LogP contribution is 2.16. The summed E-state index contributed by atoms with van der Waals surface area (Å²) in [7, 11) is 0.250. The molecule has 0 saturated carbocycles. The van der Waals surface area contributed by atoms with Crippen LogP contribution in [0, 0.1) is 0 Å². The summed E-state index contributed by atoms with van der Waals surface area (Å²) in [5.74, 6) is 1.43. The van der Waals surface area contributed by atoms with Crippen molar-refractivity contribution in [3.05, 3.63) is 35.9 Å². The highest BCUT2D eigenvalue weighted by molar-refractivity contribution is 7.96. The lowest BCUT2D eigenvalue weighted by molar-refractivity contribution is 0.475. The number of rotatable bonds is 3. The molecule has 0 spiro atoms. The third-order valence-electron chi connectivity index (χ3n) is 1.98. The van der Waals surface area contributed by atoms with Crippen LogP contribution in [-0.4, -0.2) is 17.1 Å². The van der Waals surface area contributed by atoms with Crippen LogP contribution in [0.2, 0.25) is 0 Å². The maximum atomic E-state index is 9.15. The van der Waals surface area contributed by atoms with E-state index >= 15 is 0 Å². The average Bonchev–Trinajstić information content (AvgIpc) is 2.15. The Labute approximate surface area is 88.8 Å². The third-order valence-corrected chi connectivity index (χ3v) is 3.72. The van der Waals surface area contributed by atoms with Gasteiger partial charge < -0.3 is 5.11 Å². The van der Waals surface area contributed by atoms with Crippen molar-refractivity contribution in [1.29, 1.82) is 0 Å². The Morgan fingerprint density at radius 3 is 2.36 bits per heavy atom. The van der Waals surface area contributed by atoms with Crippen molar-refractivity contribution in [3.8, 4) is 5.75 Å². The summed E-state index contributed by atoms with van der Waals surface area (Å²) >= 11 is 0. The average molecular weight is 209 g/mol. The fourth-order valence-corrected chi connectivity index (χ4v) is 2.44. The van der Waals surface area contributed by atoms with Gasteiger partial charge in [-0.1, -0.05) is 5.57 Å². The van der Waals surface area contributed by atoms with Crippen molar-refractivity contribution in [3.63, 3.8) is 0 Å². The highest BCUT2D eigenvalue weighted by Gasteiger charge is 2.12. The molecule has 2 heteroatoms. The van der Waals surface area contributed by atoms with Crippen molar-refractivity contribution in [2.75, 3.05) is 12.0 Å². The lowest BCUT2D eigenvalue weighted by Crippen LogP contribution is -2.03. The molecule has 0 aliphatic carbocycles. The number of aromatic hydroxyl groups is 1. The minimum atomic E-state index is 0.250. The van der Waals surface area contributed by atoms with Gasteiger partial charge in [-0.2, -0.15) is 0 Å². The molecular formula is C12H17OS+. The molecule has 76 valence electrons. The van der Waals surface area contributed by atoms with Gasteiger partial charge in [0.2, 0.25) is 0 Å². The molecule has 1 aromatic rings. The summed E-state index contributed by atoms with van der Waals surface area (Å²) in [4.78, 5) is 1.31. The molecule has 1 rings (SSSR count). The van der Waals surface area contributed by atoms with Crippen LogP contribution in [0.15, 0.2) is 40.8 Å². The predicted octanol–water partition coefficient (Wildman–Crippen LogP) is 2.97. The summed E-state index contributed by atoms with van der Waals surface area (Å²) in [5.41, 5.74) is 1.36. The monoisotopic (exact) mass is 209 g/mol. The van der Waals surface area contributed by atoms with Crippen molar-refractivity contribution >= 4 is 10.9 Å². The van der Waals surface area contributed by atoms with Gasteiger partial charge in [0.1, 0.15) is 17.8 Å². The van der Waals surface area contributed by atoms with E-state index in [-0.39, 0.29) is 10.9 Å². The zero-order valence-electron chi connectivity index (χ0n) is 8.95. The van der Waals surface area contributed by atoms with E-state index < -0.39 is 0 Å². The molecule has 14 heavy (non-hydrogen) atoms. The normalized spacial score (nSPS) is 12.2. The van der Waals surface area contributed by atoms with Gasteiger partial charge >= 0.3 is 0 Å². The first-order valence-corrected chi connectivity index (χ1v) is 6.45. The minimum Gasteiger partial charge on any atom is -0.508 e. The van der Waals surface area contributed by atoms with Gasteiger partial charge in [-0.3, -0.25) is 0 Å². The maximum absolute atomic E-state index is 9.15. The minimum absolute atomic E-state index is 0.250. The largest absolute Gasteiger partial charge is 0.508 e. The summed E-state index contributed by atoms with van der Waals surface area (Å²) in [6.45, 7) is 4.24. The molecule has 0 saturated heterocycles. The van der Waals surface area contributed by atoms with Crippen LogP contribution < -0.4 is 0 Å². The molecule has 1 N–H and O–H groups in total. The first-order chi connectivity index (χ1) is 6.59. The van der Waals surface area contributed by atoms with E-state index in [1.165, 1.54) is 10.5 Å². The van der Waals surface area contributed by atoms with Crippen LogP contribution in [0.3, 0.4) is 0 Å². The van der Waals surface area contributed by atoms with Gasteiger partial charge in [-0.05, 0) is 44.2 Å². The second-order valence-corrected chi connectivity index (χ2v) is 5.66. The Hall–Kier alpha value is -0.890. The van der Waals surface area contributed by atoms with Gasteiger partial charge in [-0.25, -0.2) is 0 Å². The van der Waals surface area contributed by atoms with E-state index in [0.717, 1.165) is 5.75 Å². The molecule has 1 nitrogen and oxygen atoms in total. The molecule has 1 aromatic carbocycles. The van der Waals surface area contributed by atoms with Gasteiger partial charge in [0.25, 0.3) is 0 Å². The number of phenolic OH excluding ortho intramolecular Hbond substituents is 1. The Morgan fingerprint density at radius 1 is 1.29 bits per heavy atom. The molecule has 1 atom stereocenters. The van der Waals surface area contributed by atoms with Gasteiger partial charge in [0, 0.05) is 10.9 Å². The number of hydrogen-bond donors (Lipinski definition) is 1. The molecule has 0 bridgehead atoms. The van der Waals surface area contributed by atoms with Crippen molar-refractivity contribution in [1.82, 2.24) is 0 Å². The van der Waals surface area contributed by atoms with E-state index in [4.69, 9.17) is 5.11 Å². The molecule has 0 aromatic heterocycles. The van der Waals surface area contributed by atoms with E-state index in [9.17, 15) is 0 Å². The number of phenols is 1. The van der Waals surface area contributed by atoms with E-state index in [0.29, 0.717) is 5.75 Å². The fourth-order valence-electron chi connectivity index (χ4n) is 1.07. The lowest BCUT2D eigenvalue weighted by atomic mass is 10.3. The van der Waals surface area contributed by atoms with Crippen LogP contribution in [0.4, 0.5) is 0 Å². The number of allylic oxidation sites excluding steroid dienone is 1. The molecule has 0 fully saturated rings. The van der Waals surface area contributed by atoms with Crippen LogP contribution in [0.5, 0.6) is 5.75 Å². The second kappa shape index (κ2) is 5.11. The Kier molecular flexibility index (Phi) is 4.08. The number of hydrogen-bond acceptors (Lipinski definition) is 1. The maximum Gasteiger partial charge on any atom is 0.155 e. The lowest BCUT2D eigenvalue weighted by Gasteiger charge is -2.00. The van der Waals surface area contributed by atoms with E-state index in [1.807, 2.05) is 12.1 Å². The quantitative estimate of drug-likeness (QED) is 0.599. The van der Waals surface area contributed by atoms with Crippen molar-refractivity contribution in [2.45, 2.75) is 18.7 Å². The summed E-state index contributed by atoms with van der Waals surface area (Å²) in [6, 6.07) is 7.50. The van der Waals surface area contributed by atoms with E-state index in [1.54, 1.807) is 12.1 Å². The smallest absolute Gasteiger partial charge is 0.155 e. The zero-order chi connectivity index (χ0) is 10.6. The molecule has 0 aliphatic heterocycles. The zero-order valence-corrected chi connectivity index (χ0v) is 9.77. The number of benzene rings is 1. The molecule has 0 heterocycles. The van der Waals surface area contributed by atoms with Gasteiger partial charge in [-0.15, -0.1) is 0 Å². The molecule has 0 radical (unpaired) electrons. The molecular weight excluding hydrogens is 192 g/mol. The standard InChI is InChI=1S/C12H16OS/c1-10(2)8-9-14(3)12-6-4-11(13)5-7-12/h4-8H,9H2,1-3H3/p+1. The van der Waals surface area contributed by atoms with Crippen LogP contribution in [0.25, 0.3) is 0 Å². The molecule has 1 unspecified atom stereocenters. The predicted molar refractivity (Wildman–Crippen MR) is 64.0 cm³/mol. The first-order valence-electron chi connectivity index (χ1n) is 4.64. The van der Waals surface area contributed by atoms with Crippen molar-refractivity contribution in [2.24, 2.45) is 0 Å². The van der Waals surface area contributed by atoms with E-state index in [2.05, 4.69) is 26.2 Å². The van der Waals surface area contributed by atoms with Gasteiger partial charge in [0.05, 0.1) is 0 Å². The topological polar surface area (TPSA) is 20.2 Å². The fraction of sp³-hybridized carbons (Fsp3) is 0.333. The Bertz CT molecular complexity index is 310. The molecule has 0 aliphatic rings.